The molecule has 0 saturated carbocycles. The average Bonchev–Trinajstić information content (AvgIpc) is 2.78. The summed E-state index contributed by atoms with van der Waals surface area (Å²) in [7, 11) is -4.30. The lowest BCUT2D eigenvalue weighted by Gasteiger charge is -2.25. The average molecular weight is 512 g/mol. The number of amides is 1. The predicted octanol–water partition coefficient (Wildman–Crippen LogP) is 4.46. The number of carbonyl (C=O) groups is 1. The summed E-state index contributed by atoms with van der Waals surface area (Å²) in [5.74, 6) is -2.88. The van der Waals surface area contributed by atoms with Crippen LogP contribution in [0.1, 0.15) is 12.5 Å². The van der Waals surface area contributed by atoms with Gasteiger partial charge in [-0.1, -0.05) is 36.4 Å². The Labute approximate surface area is 198 Å². The standard InChI is InChI=1S/C23H20F4N2O5S/c1-22(31,23(25,26)27)21(30)28-20-11-10-18(13-19(20)24)35(32,33)29-16-8-5-9-17(12-16)34-14-15-6-3-2-4-7-15/h2-13,29,31H,14H2,1H3,(H,28,30). The quantitative estimate of drug-likeness (QED) is 0.387. The zero-order valence-electron chi connectivity index (χ0n) is 18.1. The van der Waals surface area contributed by atoms with Crippen molar-refractivity contribution in [1.82, 2.24) is 0 Å². The van der Waals surface area contributed by atoms with Crippen LogP contribution in [0.4, 0.5) is 28.9 Å². The lowest BCUT2D eigenvalue weighted by Crippen LogP contribution is -2.52. The third-order valence-corrected chi connectivity index (χ3v) is 6.21. The van der Waals surface area contributed by atoms with Crippen molar-refractivity contribution in [3.05, 3.63) is 84.2 Å². The minimum absolute atomic E-state index is 0.120. The van der Waals surface area contributed by atoms with Gasteiger partial charge in [-0.05, 0) is 42.8 Å². The molecular weight excluding hydrogens is 492 g/mol. The molecule has 1 unspecified atom stereocenters. The number of nitrogens with one attached hydrogen (secondary N) is 2. The Balaban J connectivity index is 1.72. The summed E-state index contributed by atoms with van der Waals surface area (Å²) < 4.78 is 86.0. The summed E-state index contributed by atoms with van der Waals surface area (Å²) in [6, 6.07) is 17.5. The molecule has 3 aromatic carbocycles. The first kappa shape index (κ1) is 26.0. The van der Waals surface area contributed by atoms with E-state index >= 15 is 0 Å². The SMILES string of the molecule is CC(O)(C(=O)Nc1ccc(S(=O)(=O)Nc2cccc(OCc3ccccc3)c2)cc1F)C(F)(F)F. The number of hydrogen-bond donors (Lipinski definition) is 3. The van der Waals surface area contributed by atoms with E-state index < -0.39 is 44.1 Å². The van der Waals surface area contributed by atoms with Crippen molar-refractivity contribution in [3.63, 3.8) is 0 Å². The van der Waals surface area contributed by atoms with Crippen molar-refractivity contribution < 1.29 is 40.6 Å². The fraction of sp³-hybridized carbons (Fsp3) is 0.174. The molecule has 3 rings (SSSR count). The molecule has 0 aliphatic carbocycles. The van der Waals surface area contributed by atoms with Gasteiger partial charge in [0, 0.05) is 6.07 Å². The van der Waals surface area contributed by atoms with Gasteiger partial charge in [-0.3, -0.25) is 9.52 Å². The van der Waals surface area contributed by atoms with Gasteiger partial charge >= 0.3 is 6.18 Å². The fourth-order valence-corrected chi connectivity index (χ4v) is 3.80. The van der Waals surface area contributed by atoms with Crippen molar-refractivity contribution in [1.29, 1.82) is 0 Å². The number of benzene rings is 3. The number of hydrogen-bond acceptors (Lipinski definition) is 5. The summed E-state index contributed by atoms with van der Waals surface area (Å²) in [4.78, 5) is 11.2. The van der Waals surface area contributed by atoms with Gasteiger partial charge in [0.1, 0.15) is 18.2 Å². The maximum Gasteiger partial charge on any atom is 0.426 e. The van der Waals surface area contributed by atoms with Gasteiger partial charge in [0.2, 0.25) is 5.60 Å². The maximum atomic E-state index is 14.4. The molecular formula is C23H20F4N2O5S. The molecule has 0 aliphatic rings. The summed E-state index contributed by atoms with van der Waals surface area (Å²) in [6.07, 6.45) is -5.31. The zero-order valence-corrected chi connectivity index (χ0v) is 19.0. The van der Waals surface area contributed by atoms with E-state index in [9.17, 15) is 35.9 Å². The molecule has 0 heterocycles. The topological polar surface area (TPSA) is 105 Å². The van der Waals surface area contributed by atoms with E-state index in [4.69, 9.17) is 4.74 Å². The Bertz CT molecular complexity index is 1310. The summed E-state index contributed by atoms with van der Waals surface area (Å²) in [5, 5.41) is 11.0. The number of aliphatic hydroxyl groups is 1. The van der Waals surface area contributed by atoms with Gasteiger partial charge in [0.15, 0.2) is 0 Å². The van der Waals surface area contributed by atoms with E-state index in [1.165, 1.54) is 12.1 Å². The predicted molar refractivity (Wildman–Crippen MR) is 120 cm³/mol. The minimum Gasteiger partial charge on any atom is -0.489 e. The first-order valence-corrected chi connectivity index (χ1v) is 11.5. The largest absolute Gasteiger partial charge is 0.489 e. The highest BCUT2D eigenvalue weighted by molar-refractivity contribution is 7.92. The van der Waals surface area contributed by atoms with E-state index in [-0.39, 0.29) is 19.2 Å². The van der Waals surface area contributed by atoms with Gasteiger partial charge in [-0.2, -0.15) is 13.2 Å². The van der Waals surface area contributed by atoms with Crippen LogP contribution >= 0.6 is 0 Å². The zero-order chi connectivity index (χ0) is 25.9. The molecule has 12 heteroatoms. The molecule has 3 aromatic rings. The minimum atomic E-state index is -5.31. The monoisotopic (exact) mass is 512 g/mol. The van der Waals surface area contributed by atoms with E-state index in [2.05, 4.69) is 4.72 Å². The van der Waals surface area contributed by atoms with Crippen LogP contribution < -0.4 is 14.8 Å². The molecule has 35 heavy (non-hydrogen) atoms. The number of ether oxygens (including phenoxy) is 1. The van der Waals surface area contributed by atoms with Crippen LogP contribution in [0, 0.1) is 5.82 Å². The van der Waals surface area contributed by atoms with Crippen LogP contribution in [0.15, 0.2) is 77.7 Å². The van der Waals surface area contributed by atoms with Crippen molar-refractivity contribution in [2.75, 3.05) is 10.0 Å². The number of halogens is 4. The fourth-order valence-electron chi connectivity index (χ4n) is 2.74. The molecule has 0 aromatic heterocycles. The van der Waals surface area contributed by atoms with E-state index in [1.54, 1.807) is 17.4 Å². The molecule has 7 nitrogen and oxygen atoms in total. The van der Waals surface area contributed by atoms with Crippen molar-refractivity contribution >= 4 is 27.3 Å². The summed E-state index contributed by atoms with van der Waals surface area (Å²) >= 11 is 0. The van der Waals surface area contributed by atoms with Gasteiger partial charge < -0.3 is 15.2 Å². The summed E-state index contributed by atoms with van der Waals surface area (Å²) in [6.45, 7) is 0.456. The van der Waals surface area contributed by atoms with Crippen LogP contribution in [-0.2, 0) is 21.4 Å². The smallest absolute Gasteiger partial charge is 0.426 e. The van der Waals surface area contributed by atoms with Crippen LogP contribution in [0.5, 0.6) is 5.75 Å². The second-order valence-corrected chi connectivity index (χ2v) is 9.26. The van der Waals surface area contributed by atoms with Gasteiger partial charge in [0.05, 0.1) is 16.3 Å². The highest BCUT2D eigenvalue weighted by Crippen LogP contribution is 2.32. The maximum absolute atomic E-state index is 14.4. The second-order valence-electron chi connectivity index (χ2n) is 7.57. The van der Waals surface area contributed by atoms with Crippen LogP contribution in [0.25, 0.3) is 0 Å². The Morgan fingerprint density at radius 3 is 2.31 bits per heavy atom. The molecule has 0 radical (unpaired) electrons. The number of alkyl halides is 3. The van der Waals surface area contributed by atoms with Crippen LogP contribution in [0.2, 0.25) is 0 Å². The van der Waals surface area contributed by atoms with Crippen LogP contribution in [-0.4, -0.2) is 31.2 Å². The Kier molecular flexibility index (Phi) is 7.36. The number of rotatable bonds is 8. The highest BCUT2D eigenvalue weighted by Gasteiger charge is 2.55. The van der Waals surface area contributed by atoms with Gasteiger partial charge in [0.25, 0.3) is 15.9 Å². The third-order valence-electron chi connectivity index (χ3n) is 4.83. The number of carbonyl (C=O) groups excluding carboxylic acids is 1. The molecule has 0 spiro atoms. The molecule has 0 fully saturated rings. The number of sulfonamides is 1. The van der Waals surface area contributed by atoms with Crippen molar-refractivity contribution in [2.45, 2.75) is 30.2 Å². The van der Waals surface area contributed by atoms with Crippen LogP contribution in [0.3, 0.4) is 0 Å². The normalized spacial score (nSPS) is 13.5. The molecule has 1 amide bonds. The van der Waals surface area contributed by atoms with Gasteiger partial charge in [-0.15, -0.1) is 0 Å². The van der Waals surface area contributed by atoms with Crippen molar-refractivity contribution in [2.24, 2.45) is 0 Å². The molecule has 1 atom stereocenters. The third kappa shape index (κ3) is 6.28. The first-order valence-electron chi connectivity index (χ1n) is 9.99. The lowest BCUT2D eigenvalue weighted by molar-refractivity contribution is -0.242. The first-order chi connectivity index (χ1) is 16.3. The lowest BCUT2D eigenvalue weighted by atomic mass is 10.1. The van der Waals surface area contributed by atoms with E-state index in [0.717, 1.165) is 17.7 Å². The second kappa shape index (κ2) is 9.92. The molecule has 0 aliphatic heterocycles. The Hall–Kier alpha value is -3.64. The Morgan fingerprint density at radius 1 is 1.00 bits per heavy atom. The van der Waals surface area contributed by atoms with Crippen molar-refractivity contribution in [3.8, 4) is 5.75 Å². The molecule has 0 bridgehead atoms. The van der Waals surface area contributed by atoms with E-state index in [1.807, 2.05) is 30.3 Å². The van der Waals surface area contributed by atoms with E-state index in [0.29, 0.717) is 11.8 Å². The summed E-state index contributed by atoms with van der Waals surface area (Å²) in [5.41, 5.74) is -3.50. The highest BCUT2D eigenvalue weighted by atomic mass is 32.2. The molecule has 0 saturated heterocycles. The Morgan fingerprint density at radius 2 is 1.69 bits per heavy atom. The van der Waals surface area contributed by atoms with Gasteiger partial charge in [-0.25, -0.2) is 12.8 Å². The molecule has 186 valence electrons. The number of anilines is 2. The molecule has 3 N–H and O–H groups in total.